The Morgan fingerprint density at radius 3 is 2.20 bits per heavy atom. The quantitative estimate of drug-likeness (QED) is 0.563. The number of hydrazone groups is 1. The summed E-state index contributed by atoms with van der Waals surface area (Å²) in [5.41, 5.74) is 0.372. The van der Waals surface area contributed by atoms with Gasteiger partial charge in [0.1, 0.15) is 10.8 Å². The van der Waals surface area contributed by atoms with Gasteiger partial charge in [0.25, 0.3) is 10.0 Å². The molecule has 2 aromatic carbocycles. The maximum atomic E-state index is 12.2. The Balaban J connectivity index is 2.29. The van der Waals surface area contributed by atoms with E-state index in [2.05, 4.69) is 9.93 Å². The third-order valence-electron chi connectivity index (χ3n) is 3.07. The molecule has 2 rings (SSSR count). The van der Waals surface area contributed by atoms with E-state index in [1.807, 2.05) is 0 Å². The molecule has 0 saturated heterocycles. The van der Waals surface area contributed by atoms with Crippen molar-refractivity contribution in [2.75, 3.05) is 14.2 Å². The summed E-state index contributed by atoms with van der Waals surface area (Å²) in [5.74, 6) is 0.497. The zero-order chi connectivity index (χ0) is 18.6. The Hall–Kier alpha value is -1.67. The second kappa shape index (κ2) is 8.14. The fourth-order valence-electron chi connectivity index (χ4n) is 1.92. The Morgan fingerprint density at radius 2 is 1.64 bits per heavy atom. The summed E-state index contributed by atoms with van der Waals surface area (Å²) >= 11 is 18.0. The molecule has 0 unspecified atom stereocenters. The molecule has 2 aromatic rings. The van der Waals surface area contributed by atoms with Crippen LogP contribution < -0.4 is 14.3 Å². The molecule has 0 bridgehead atoms. The summed E-state index contributed by atoms with van der Waals surface area (Å²) < 4.78 is 34.6. The Kier molecular flexibility index (Phi) is 6.40. The first kappa shape index (κ1) is 19.7. The van der Waals surface area contributed by atoms with Crippen LogP contribution in [0.4, 0.5) is 0 Å². The van der Waals surface area contributed by atoms with Crippen molar-refractivity contribution in [3.63, 3.8) is 0 Å². The van der Waals surface area contributed by atoms with Crippen LogP contribution in [0.3, 0.4) is 0 Å². The van der Waals surface area contributed by atoms with Crippen molar-refractivity contribution in [3.05, 3.63) is 51.0 Å². The predicted molar refractivity (Wildman–Crippen MR) is 98.9 cm³/mol. The minimum Gasteiger partial charge on any atom is -0.494 e. The van der Waals surface area contributed by atoms with Gasteiger partial charge in [-0.3, -0.25) is 0 Å². The van der Waals surface area contributed by atoms with E-state index in [1.54, 1.807) is 0 Å². The van der Waals surface area contributed by atoms with Crippen molar-refractivity contribution < 1.29 is 17.9 Å². The molecule has 0 saturated carbocycles. The van der Waals surface area contributed by atoms with Crippen molar-refractivity contribution in [3.8, 4) is 11.5 Å². The molecule has 0 atom stereocenters. The minimum atomic E-state index is -3.84. The van der Waals surface area contributed by atoms with Crippen LogP contribution in [0.2, 0.25) is 15.1 Å². The van der Waals surface area contributed by atoms with E-state index in [9.17, 15) is 8.42 Å². The standard InChI is InChI=1S/C15H13Cl3N2O4S/c1-23-14-9(7-12(17)15(24-2)13(14)18)8-19-20-25(21,22)11-5-3-10(16)4-6-11/h3-8,20H,1-2H3/b19-8+. The van der Waals surface area contributed by atoms with Crippen LogP contribution in [-0.4, -0.2) is 28.9 Å². The van der Waals surface area contributed by atoms with E-state index >= 15 is 0 Å². The van der Waals surface area contributed by atoms with E-state index in [-0.39, 0.29) is 26.4 Å². The monoisotopic (exact) mass is 422 g/mol. The molecule has 0 aliphatic rings. The maximum Gasteiger partial charge on any atom is 0.276 e. The van der Waals surface area contributed by atoms with Gasteiger partial charge in [-0.05, 0) is 30.3 Å². The molecule has 0 fully saturated rings. The topological polar surface area (TPSA) is 77.0 Å². The van der Waals surface area contributed by atoms with Crippen molar-refractivity contribution in [2.24, 2.45) is 5.10 Å². The third kappa shape index (κ3) is 4.49. The number of nitrogens with one attached hydrogen (secondary N) is 1. The molecule has 10 heteroatoms. The zero-order valence-electron chi connectivity index (χ0n) is 13.1. The van der Waals surface area contributed by atoms with Crippen LogP contribution in [0.15, 0.2) is 40.3 Å². The molecule has 0 aliphatic heterocycles. The fourth-order valence-corrected chi connectivity index (χ4v) is 3.54. The highest BCUT2D eigenvalue weighted by Crippen LogP contribution is 2.41. The van der Waals surface area contributed by atoms with Gasteiger partial charge in [0, 0.05) is 10.6 Å². The molecule has 0 spiro atoms. The molecular formula is C15H13Cl3N2O4S. The third-order valence-corrected chi connectivity index (χ3v) is 5.18. The van der Waals surface area contributed by atoms with Crippen LogP contribution >= 0.6 is 34.8 Å². The highest BCUT2D eigenvalue weighted by Gasteiger charge is 2.17. The van der Waals surface area contributed by atoms with Gasteiger partial charge in [0.2, 0.25) is 0 Å². The summed E-state index contributed by atoms with van der Waals surface area (Å²) in [4.78, 5) is 2.11. The number of nitrogens with zero attached hydrogens (tertiary/aromatic N) is 1. The Morgan fingerprint density at radius 1 is 1.04 bits per heavy atom. The summed E-state index contributed by atoms with van der Waals surface area (Å²) in [6.45, 7) is 0. The molecule has 6 nitrogen and oxygen atoms in total. The van der Waals surface area contributed by atoms with Crippen LogP contribution in [0.25, 0.3) is 0 Å². The summed E-state index contributed by atoms with van der Waals surface area (Å²) in [7, 11) is -1.01. The van der Waals surface area contributed by atoms with E-state index in [0.717, 1.165) is 0 Å². The highest BCUT2D eigenvalue weighted by molar-refractivity contribution is 7.89. The molecule has 0 amide bonds. The lowest BCUT2D eigenvalue weighted by Crippen LogP contribution is -2.18. The zero-order valence-corrected chi connectivity index (χ0v) is 16.2. The molecule has 134 valence electrons. The number of hydrogen-bond donors (Lipinski definition) is 1. The van der Waals surface area contributed by atoms with Gasteiger partial charge >= 0.3 is 0 Å². The molecule has 0 radical (unpaired) electrons. The van der Waals surface area contributed by atoms with Crippen molar-refractivity contribution in [1.29, 1.82) is 0 Å². The maximum absolute atomic E-state index is 12.2. The summed E-state index contributed by atoms with van der Waals surface area (Å²) in [5, 5.41) is 4.53. The first-order valence-electron chi connectivity index (χ1n) is 6.70. The van der Waals surface area contributed by atoms with Crippen LogP contribution in [0.1, 0.15) is 5.56 Å². The van der Waals surface area contributed by atoms with E-state index in [0.29, 0.717) is 10.6 Å². The molecule has 1 N–H and O–H groups in total. The van der Waals surface area contributed by atoms with Gasteiger partial charge in [0.05, 0.1) is 30.4 Å². The molecular weight excluding hydrogens is 411 g/mol. The number of hydrogen-bond acceptors (Lipinski definition) is 5. The van der Waals surface area contributed by atoms with E-state index in [4.69, 9.17) is 44.3 Å². The van der Waals surface area contributed by atoms with Gasteiger partial charge in [-0.25, -0.2) is 4.83 Å². The smallest absolute Gasteiger partial charge is 0.276 e. The van der Waals surface area contributed by atoms with E-state index < -0.39 is 10.0 Å². The van der Waals surface area contributed by atoms with Crippen molar-refractivity contribution in [2.45, 2.75) is 4.90 Å². The molecule has 0 aliphatic carbocycles. The van der Waals surface area contributed by atoms with Gasteiger partial charge in [-0.1, -0.05) is 34.8 Å². The van der Waals surface area contributed by atoms with Crippen molar-refractivity contribution >= 4 is 51.0 Å². The number of methoxy groups -OCH3 is 2. The SMILES string of the molecule is COc1c(Cl)cc(/C=N/NS(=O)(=O)c2ccc(Cl)cc2)c(OC)c1Cl. The Bertz CT molecular complexity index is 900. The number of benzene rings is 2. The molecule has 25 heavy (non-hydrogen) atoms. The Labute approximate surface area is 160 Å². The lowest BCUT2D eigenvalue weighted by molar-refractivity contribution is 0.394. The predicted octanol–water partition coefficient (Wildman–Crippen LogP) is 3.98. The first-order valence-corrected chi connectivity index (χ1v) is 9.32. The van der Waals surface area contributed by atoms with Crippen molar-refractivity contribution in [1.82, 2.24) is 4.83 Å². The minimum absolute atomic E-state index is 0.0202. The van der Waals surface area contributed by atoms with Crippen LogP contribution in [0.5, 0.6) is 11.5 Å². The molecule has 0 heterocycles. The highest BCUT2D eigenvalue weighted by atomic mass is 35.5. The largest absolute Gasteiger partial charge is 0.494 e. The lowest BCUT2D eigenvalue weighted by atomic mass is 10.2. The number of sulfonamides is 1. The average molecular weight is 424 g/mol. The van der Waals surface area contributed by atoms with E-state index in [1.165, 1.54) is 50.8 Å². The normalized spacial score (nSPS) is 11.6. The average Bonchev–Trinajstić information content (AvgIpc) is 2.55. The van der Waals surface area contributed by atoms with Gasteiger partial charge in [-0.2, -0.15) is 13.5 Å². The number of ether oxygens (including phenoxy) is 2. The van der Waals surface area contributed by atoms with Gasteiger partial charge < -0.3 is 9.47 Å². The first-order chi connectivity index (χ1) is 11.8. The summed E-state index contributed by atoms with van der Waals surface area (Å²) in [6, 6.07) is 7.15. The second-order valence-corrected chi connectivity index (χ2v) is 7.52. The fraction of sp³-hybridized carbons (Fsp3) is 0.133. The second-order valence-electron chi connectivity index (χ2n) is 4.63. The molecule has 0 aromatic heterocycles. The van der Waals surface area contributed by atoms with Crippen LogP contribution in [-0.2, 0) is 10.0 Å². The van der Waals surface area contributed by atoms with Crippen LogP contribution in [0, 0.1) is 0 Å². The summed E-state index contributed by atoms with van der Waals surface area (Å²) in [6.07, 6.45) is 1.23. The number of rotatable bonds is 6. The number of halogens is 3. The van der Waals surface area contributed by atoms with Gasteiger partial charge in [-0.15, -0.1) is 0 Å². The lowest BCUT2D eigenvalue weighted by Gasteiger charge is -2.12. The van der Waals surface area contributed by atoms with Gasteiger partial charge in [0.15, 0.2) is 5.75 Å².